The molecule has 0 N–H and O–H groups in total. The van der Waals surface area contributed by atoms with Crippen molar-refractivity contribution in [2.24, 2.45) is 0 Å². The Hall–Kier alpha value is -1.88. The van der Waals surface area contributed by atoms with Gasteiger partial charge >= 0.3 is 0 Å². The highest BCUT2D eigenvalue weighted by Gasteiger charge is 2.25. The minimum atomic E-state index is 0.00801. The van der Waals surface area contributed by atoms with Crippen LogP contribution in [0.5, 0.6) is 0 Å². The number of benzene rings is 1. The topological polar surface area (TPSA) is 36.4 Å². The SMILES string of the molecule is CN1CCN(C(=O)c2ccnc(Br)c2)c2ccccc21. The third-order valence-electron chi connectivity index (χ3n) is 3.46. The first-order valence-electron chi connectivity index (χ1n) is 6.40. The van der Waals surface area contributed by atoms with E-state index in [0.29, 0.717) is 16.7 Å². The minimum Gasteiger partial charge on any atom is -0.371 e. The van der Waals surface area contributed by atoms with Gasteiger partial charge in [-0.15, -0.1) is 0 Å². The molecule has 1 aliphatic rings. The number of carbonyl (C=O) groups excluding carboxylic acids is 1. The van der Waals surface area contributed by atoms with Crippen molar-refractivity contribution in [3.8, 4) is 0 Å². The molecular weight excluding hydrogens is 318 g/mol. The Balaban J connectivity index is 1.99. The van der Waals surface area contributed by atoms with Crippen LogP contribution < -0.4 is 9.80 Å². The average Bonchev–Trinajstić information content (AvgIpc) is 2.47. The zero-order valence-electron chi connectivity index (χ0n) is 11.1. The highest BCUT2D eigenvalue weighted by Crippen LogP contribution is 2.32. The molecule has 1 aromatic carbocycles. The van der Waals surface area contributed by atoms with Gasteiger partial charge in [-0.2, -0.15) is 0 Å². The summed E-state index contributed by atoms with van der Waals surface area (Å²) in [6, 6.07) is 11.5. The molecule has 0 aliphatic carbocycles. The molecule has 0 radical (unpaired) electrons. The van der Waals surface area contributed by atoms with E-state index in [1.807, 2.05) is 36.2 Å². The summed E-state index contributed by atoms with van der Waals surface area (Å²) in [5.41, 5.74) is 2.69. The highest BCUT2D eigenvalue weighted by molar-refractivity contribution is 9.10. The fourth-order valence-corrected chi connectivity index (χ4v) is 2.77. The van der Waals surface area contributed by atoms with Crippen molar-refractivity contribution in [2.75, 3.05) is 29.9 Å². The van der Waals surface area contributed by atoms with Crippen molar-refractivity contribution >= 4 is 33.2 Å². The van der Waals surface area contributed by atoms with Crippen LogP contribution in [0, 0.1) is 0 Å². The van der Waals surface area contributed by atoms with Gasteiger partial charge in [-0.1, -0.05) is 12.1 Å². The van der Waals surface area contributed by atoms with Crippen LogP contribution in [0.1, 0.15) is 10.4 Å². The van der Waals surface area contributed by atoms with Crippen LogP contribution in [-0.4, -0.2) is 31.0 Å². The summed E-state index contributed by atoms with van der Waals surface area (Å²) in [7, 11) is 2.05. The molecule has 0 atom stereocenters. The van der Waals surface area contributed by atoms with Gasteiger partial charge in [0.05, 0.1) is 11.4 Å². The fourth-order valence-electron chi connectivity index (χ4n) is 2.41. The first-order chi connectivity index (χ1) is 9.66. The van der Waals surface area contributed by atoms with E-state index in [1.165, 1.54) is 0 Å². The Morgan fingerprint density at radius 1 is 1.20 bits per heavy atom. The van der Waals surface area contributed by atoms with Gasteiger partial charge in [0.15, 0.2) is 0 Å². The number of halogens is 1. The second-order valence-electron chi connectivity index (χ2n) is 4.73. The third-order valence-corrected chi connectivity index (χ3v) is 3.90. The van der Waals surface area contributed by atoms with E-state index in [-0.39, 0.29) is 5.91 Å². The molecule has 1 aliphatic heterocycles. The lowest BCUT2D eigenvalue weighted by Crippen LogP contribution is -2.42. The molecule has 102 valence electrons. The third kappa shape index (κ3) is 2.29. The number of amides is 1. The summed E-state index contributed by atoms with van der Waals surface area (Å²) in [6.45, 7) is 1.52. The molecule has 0 spiro atoms. The smallest absolute Gasteiger partial charge is 0.258 e. The maximum absolute atomic E-state index is 12.7. The number of carbonyl (C=O) groups is 1. The van der Waals surface area contributed by atoms with Crippen LogP contribution in [0.2, 0.25) is 0 Å². The number of aromatic nitrogens is 1. The van der Waals surface area contributed by atoms with Crippen LogP contribution in [0.15, 0.2) is 47.2 Å². The van der Waals surface area contributed by atoms with Crippen LogP contribution in [0.3, 0.4) is 0 Å². The first kappa shape index (κ1) is 13.1. The molecule has 0 fully saturated rings. The molecule has 3 rings (SSSR count). The summed E-state index contributed by atoms with van der Waals surface area (Å²) >= 11 is 3.31. The summed E-state index contributed by atoms with van der Waals surface area (Å²) in [5.74, 6) is 0.00801. The molecule has 2 aromatic rings. The van der Waals surface area contributed by atoms with Crippen molar-refractivity contribution < 1.29 is 4.79 Å². The van der Waals surface area contributed by atoms with Gasteiger partial charge in [-0.3, -0.25) is 4.79 Å². The Labute approximate surface area is 126 Å². The van der Waals surface area contributed by atoms with Gasteiger partial charge in [-0.25, -0.2) is 4.98 Å². The van der Waals surface area contributed by atoms with Crippen LogP contribution in [0.25, 0.3) is 0 Å². The zero-order chi connectivity index (χ0) is 14.1. The molecule has 5 heteroatoms. The predicted octanol–water partition coefficient (Wildman–Crippen LogP) is 2.94. The quantitative estimate of drug-likeness (QED) is 0.754. The number of hydrogen-bond donors (Lipinski definition) is 0. The second kappa shape index (κ2) is 5.25. The number of likely N-dealkylation sites (N-methyl/N-ethyl adjacent to an activating group) is 1. The fraction of sp³-hybridized carbons (Fsp3) is 0.200. The van der Waals surface area contributed by atoms with Gasteiger partial charge in [0, 0.05) is 31.9 Å². The summed E-state index contributed by atoms with van der Waals surface area (Å²) in [6.07, 6.45) is 1.64. The summed E-state index contributed by atoms with van der Waals surface area (Å²) in [4.78, 5) is 20.7. The summed E-state index contributed by atoms with van der Waals surface area (Å²) < 4.78 is 0.672. The van der Waals surface area contributed by atoms with Crippen LogP contribution >= 0.6 is 15.9 Å². The van der Waals surface area contributed by atoms with E-state index in [4.69, 9.17) is 0 Å². The first-order valence-corrected chi connectivity index (χ1v) is 7.20. The molecule has 4 nitrogen and oxygen atoms in total. The van der Waals surface area contributed by atoms with E-state index in [1.54, 1.807) is 18.3 Å². The lowest BCUT2D eigenvalue weighted by molar-refractivity contribution is 0.0986. The number of rotatable bonds is 1. The lowest BCUT2D eigenvalue weighted by atomic mass is 10.1. The van der Waals surface area contributed by atoms with E-state index < -0.39 is 0 Å². The van der Waals surface area contributed by atoms with Gasteiger partial charge in [0.2, 0.25) is 0 Å². The zero-order valence-corrected chi connectivity index (χ0v) is 12.7. The molecule has 0 bridgehead atoms. The second-order valence-corrected chi connectivity index (χ2v) is 5.55. The molecule has 2 heterocycles. The monoisotopic (exact) mass is 331 g/mol. The predicted molar refractivity (Wildman–Crippen MR) is 83.3 cm³/mol. The lowest BCUT2D eigenvalue weighted by Gasteiger charge is -2.35. The average molecular weight is 332 g/mol. The minimum absolute atomic E-state index is 0.00801. The number of para-hydroxylation sites is 2. The van der Waals surface area contributed by atoms with Crippen molar-refractivity contribution in [1.29, 1.82) is 0 Å². The van der Waals surface area contributed by atoms with Gasteiger partial charge in [0.1, 0.15) is 4.60 Å². The maximum Gasteiger partial charge on any atom is 0.258 e. The Bertz CT molecular complexity index is 659. The van der Waals surface area contributed by atoms with Crippen molar-refractivity contribution in [3.63, 3.8) is 0 Å². The van der Waals surface area contributed by atoms with E-state index in [0.717, 1.165) is 17.9 Å². The number of anilines is 2. The normalized spacial score (nSPS) is 14.1. The van der Waals surface area contributed by atoms with Gasteiger partial charge in [-0.05, 0) is 40.2 Å². The Kier molecular flexibility index (Phi) is 3.44. The standard InChI is InChI=1S/C15H14BrN3O/c1-18-8-9-19(13-5-3-2-4-12(13)18)15(20)11-6-7-17-14(16)10-11/h2-7,10H,8-9H2,1H3. The number of pyridine rings is 1. The molecule has 0 saturated heterocycles. The Morgan fingerprint density at radius 3 is 2.70 bits per heavy atom. The van der Waals surface area contributed by atoms with E-state index in [2.05, 4.69) is 25.8 Å². The Morgan fingerprint density at radius 2 is 1.95 bits per heavy atom. The number of fused-ring (bicyclic) bond motifs is 1. The van der Waals surface area contributed by atoms with Gasteiger partial charge in [0.25, 0.3) is 5.91 Å². The number of hydrogen-bond acceptors (Lipinski definition) is 3. The van der Waals surface area contributed by atoms with E-state index >= 15 is 0 Å². The molecular formula is C15H14BrN3O. The summed E-state index contributed by atoms with van der Waals surface area (Å²) in [5, 5.41) is 0. The largest absolute Gasteiger partial charge is 0.371 e. The van der Waals surface area contributed by atoms with Crippen molar-refractivity contribution in [1.82, 2.24) is 4.98 Å². The highest BCUT2D eigenvalue weighted by atomic mass is 79.9. The molecule has 1 aromatic heterocycles. The van der Waals surface area contributed by atoms with E-state index in [9.17, 15) is 4.79 Å². The van der Waals surface area contributed by atoms with Gasteiger partial charge < -0.3 is 9.80 Å². The molecule has 20 heavy (non-hydrogen) atoms. The molecule has 0 saturated carbocycles. The molecule has 0 unspecified atom stereocenters. The van der Waals surface area contributed by atoms with Crippen LogP contribution in [-0.2, 0) is 0 Å². The van der Waals surface area contributed by atoms with Crippen molar-refractivity contribution in [3.05, 3.63) is 52.8 Å². The maximum atomic E-state index is 12.7. The van der Waals surface area contributed by atoms with Crippen LogP contribution in [0.4, 0.5) is 11.4 Å². The van der Waals surface area contributed by atoms with Crippen molar-refractivity contribution in [2.45, 2.75) is 0 Å². The molecule has 1 amide bonds. The number of nitrogens with zero attached hydrogens (tertiary/aromatic N) is 3.